The molecule has 128 valence electrons. The van der Waals surface area contributed by atoms with E-state index >= 15 is 0 Å². The van der Waals surface area contributed by atoms with Crippen LogP contribution in [0.15, 0.2) is 29.3 Å². The van der Waals surface area contributed by atoms with E-state index in [0.29, 0.717) is 27.1 Å². The summed E-state index contributed by atoms with van der Waals surface area (Å²) in [5, 5.41) is 0.744. The predicted octanol–water partition coefficient (Wildman–Crippen LogP) is 3.17. The van der Waals surface area contributed by atoms with Gasteiger partial charge in [-0.25, -0.2) is 4.98 Å². The first-order valence-electron chi connectivity index (χ1n) is 7.87. The van der Waals surface area contributed by atoms with Gasteiger partial charge in [-0.3, -0.25) is 9.36 Å². The van der Waals surface area contributed by atoms with Gasteiger partial charge in [-0.1, -0.05) is 29.3 Å². The Morgan fingerprint density at radius 1 is 1.25 bits per heavy atom. The minimum Gasteiger partial charge on any atom is -0.356 e. The quantitative estimate of drug-likeness (QED) is 0.886. The van der Waals surface area contributed by atoms with Crippen molar-refractivity contribution in [1.29, 1.82) is 0 Å². The van der Waals surface area contributed by atoms with Gasteiger partial charge in [0.25, 0.3) is 5.56 Å². The number of aromatic nitrogens is 2. The number of rotatable bonds is 2. The summed E-state index contributed by atoms with van der Waals surface area (Å²) in [5.41, 5.74) is 7.01. The molecule has 24 heavy (non-hydrogen) atoms. The maximum absolute atomic E-state index is 12.8. The van der Waals surface area contributed by atoms with Crippen molar-refractivity contribution >= 4 is 29.0 Å². The second-order valence-corrected chi connectivity index (χ2v) is 7.37. The molecule has 1 aromatic carbocycles. The van der Waals surface area contributed by atoms with Crippen molar-refractivity contribution in [1.82, 2.24) is 9.55 Å². The molecule has 1 aliphatic rings. The zero-order chi connectivity index (χ0) is 17.5. The topological polar surface area (TPSA) is 64.2 Å². The molecule has 3 rings (SSSR count). The molecule has 2 N–H and O–H groups in total. The number of halogens is 2. The summed E-state index contributed by atoms with van der Waals surface area (Å²) >= 11 is 12.3. The molecule has 1 fully saturated rings. The van der Waals surface area contributed by atoms with Crippen LogP contribution >= 0.6 is 23.2 Å². The maximum Gasteiger partial charge on any atom is 0.262 e. The molecule has 1 aliphatic heterocycles. The van der Waals surface area contributed by atoms with Crippen molar-refractivity contribution < 1.29 is 0 Å². The Hall–Kier alpha value is -1.56. The molecule has 1 saturated heterocycles. The highest BCUT2D eigenvalue weighted by Gasteiger charge is 2.27. The number of anilines is 1. The van der Waals surface area contributed by atoms with Gasteiger partial charge in [0.1, 0.15) is 12.1 Å². The normalized spacial score (nSPS) is 17.1. The van der Waals surface area contributed by atoms with Crippen LogP contribution in [-0.2, 0) is 0 Å². The lowest BCUT2D eigenvalue weighted by Gasteiger charge is -2.37. The molecule has 1 aromatic heterocycles. The highest BCUT2D eigenvalue weighted by molar-refractivity contribution is 6.43. The molecule has 0 bridgehead atoms. The van der Waals surface area contributed by atoms with E-state index in [-0.39, 0.29) is 11.1 Å². The fraction of sp³-hybridized carbons (Fsp3) is 0.412. The summed E-state index contributed by atoms with van der Waals surface area (Å²) in [6, 6.07) is 5.19. The van der Waals surface area contributed by atoms with Crippen LogP contribution in [0.2, 0.25) is 10.0 Å². The molecule has 0 unspecified atom stereocenters. The van der Waals surface area contributed by atoms with Crippen molar-refractivity contribution in [2.24, 2.45) is 5.73 Å². The minimum atomic E-state index is -0.148. The van der Waals surface area contributed by atoms with Gasteiger partial charge in [-0.2, -0.15) is 0 Å². The second-order valence-electron chi connectivity index (χ2n) is 6.58. The van der Waals surface area contributed by atoms with E-state index in [4.69, 9.17) is 28.9 Å². The van der Waals surface area contributed by atoms with Crippen molar-refractivity contribution in [3.05, 3.63) is 50.5 Å². The van der Waals surface area contributed by atoms with Crippen molar-refractivity contribution in [2.45, 2.75) is 32.2 Å². The summed E-state index contributed by atoms with van der Waals surface area (Å²) < 4.78 is 1.43. The second kappa shape index (κ2) is 6.39. The van der Waals surface area contributed by atoms with Crippen LogP contribution in [0.3, 0.4) is 0 Å². The number of nitrogens with two attached hydrogens (primary N) is 1. The highest BCUT2D eigenvalue weighted by Crippen LogP contribution is 2.28. The number of hydrogen-bond acceptors (Lipinski definition) is 4. The highest BCUT2D eigenvalue weighted by atomic mass is 35.5. The van der Waals surface area contributed by atoms with Crippen LogP contribution in [0.4, 0.5) is 5.82 Å². The first kappa shape index (κ1) is 17.3. The summed E-state index contributed by atoms with van der Waals surface area (Å²) in [7, 11) is 0. The monoisotopic (exact) mass is 366 g/mol. The van der Waals surface area contributed by atoms with Gasteiger partial charge in [0.15, 0.2) is 0 Å². The first-order chi connectivity index (χ1) is 11.3. The van der Waals surface area contributed by atoms with Crippen LogP contribution in [0, 0.1) is 6.92 Å². The lowest BCUT2D eigenvalue weighted by molar-refractivity contribution is 0.362. The van der Waals surface area contributed by atoms with Gasteiger partial charge >= 0.3 is 0 Å². The predicted molar refractivity (Wildman–Crippen MR) is 98.6 cm³/mol. The molecule has 7 heteroatoms. The van der Waals surface area contributed by atoms with Gasteiger partial charge in [0, 0.05) is 18.6 Å². The smallest absolute Gasteiger partial charge is 0.262 e. The first-order valence-corrected chi connectivity index (χ1v) is 8.62. The fourth-order valence-electron chi connectivity index (χ4n) is 2.94. The van der Waals surface area contributed by atoms with E-state index in [0.717, 1.165) is 25.9 Å². The third kappa shape index (κ3) is 3.16. The van der Waals surface area contributed by atoms with E-state index in [1.165, 1.54) is 10.9 Å². The number of piperidine rings is 1. The zero-order valence-electron chi connectivity index (χ0n) is 13.7. The maximum atomic E-state index is 12.8. The summed E-state index contributed by atoms with van der Waals surface area (Å²) in [4.78, 5) is 19.4. The van der Waals surface area contributed by atoms with Gasteiger partial charge in [-0.15, -0.1) is 0 Å². The van der Waals surface area contributed by atoms with Gasteiger partial charge in [0.2, 0.25) is 0 Å². The van der Waals surface area contributed by atoms with Crippen LogP contribution in [0.1, 0.15) is 25.3 Å². The Bertz CT molecular complexity index is 822. The average Bonchev–Trinajstić information content (AvgIpc) is 2.54. The van der Waals surface area contributed by atoms with Crippen molar-refractivity contribution in [3.63, 3.8) is 0 Å². The van der Waals surface area contributed by atoms with Crippen LogP contribution in [0.25, 0.3) is 5.69 Å². The largest absolute Gasteiger partial charge is 0.356 e. The zero-order valence-corrected chi connectivity index (χ0v) is 15.2. The lowest BCUT2D eigenvalue weighted by Crippen LogP contribution is -2.49. The molecule has 0 spiro atoms. The molecule has 0 saturated carbocycles. The molecule has 0 amide bonds. The Balaban J connectivity index is 1.98. The van der Waals surface area contributed by atoms with Crippen LogP contribution < -0.4 is 16.2 Å². The SMILES string of the molecule is Cc1c(N2CCC(C)(N)CC2)ncn(-c2cccc(Cl)c2Cl)c1=O. The van der Waals surface area contributed by atoms with E-state index in [9.17, 15) is 4.79 Å². The lowest BCUT2D eigenvalue weighted by atomic mass is 9.91. The Morgan fingerprint density at radius 3 is 2.58 bits per heavy atom. The molecule has 2 aromatic rings. The van der Waals surface area contributed by atoms with Gasteiger partial charge in [-0.05, 0) is 38.8 Å². The fourth-order valence-corrected chi connectivity index (χ4v) is 3.32. The number of hydrogen-bond donors (Lipinski definition) is 1. The van der Waals surface area contributed by atoms with Crippen LogP contribution in [-0.4, -0.2) is 28.2 Å². The Labute approximate surface area is 151 Å². The Kier molecular flexibility index (Phi) is 4.60. The van der Waals surface area contributed by atoms with Gasteiger partial charge < -0.3 is 10.6 Å². The molecule has 0 aliphatic carbocycles. The van der Waals surface area contributed by atoms with Gasteiger partial charge in [0.05, 0.1) is 21.3 Å². The third-order valence-corrected chi connectivity index (χ3v) is 5.38. The molecule has 0 atom stereocenters. The summed E-state index contributed by atoms with van der Waals surface area (Å²) in [5.74, 6) is 0.713. The summed E-state index contributed by atoms with van der Waals surface area (Å²) in [6.07, 6.45) is 3.26. The molecule has 2 heterocycles. The van der Waals surface area contributed by atoms with E-state index < -0.39 is 0 Å². The molecule has 0 radical (unpaired) electrons. The Morgan fingerprint density at radius 2 is 1.92 bits per heavy atom. The minimum absolute atomic E-state index is 0.145. The van der Waals surface area contributed by atoms with E-state index in [1.54, 1.807) is 25.1 Å². The number of nitrogens with zero attached hydrogens (tertiary/aromatic N) is 3. The molecular weight excluding hydrogens is 347 g/mol. The van der Waals surface area contributed by atoms with E-state index in [2.05, 4.69) is 16.8 Å². The van der Waals surface area contributed by atoms with Crippen molar-refractivity contribution in [3.8, 4) is 5.69 Å². The molecular formula is C17H20Cl2N4O. The summed E-state index contributed by atoms with van der Waals surface area (Å²) in [6.45, 7) is 5.43. The van der Waals surface area contributed by atoms with Crippen LogP contribution in [0.5, 0.6) is 0 Å². The third-order valence-electron chi connectivity index (χ3n) is 4.57. The average molecular weight is 367 g/mol. The molecule has 5 nitrogen and oxygen atoms in total. The van der Waals surface area contributed by atoms with Crippen molar-refractivity contribution in [2.75, 3.05) is 18.0 Å². The number of benzene rings is 1. The van der Waals surface area contributed by atoms with E-state index in [1.807, 2.05) is 0 Å². The standard InChI is InChI=1S/C17H20Cl2N4O/c1-11-15(22-8-6-17(2,20)7-9-22)21-10-23(16(11)24)13-5-3-4-12(18)14(13)19/h3-5,10H,6-9,20H2,1-2H3.